The predicted octanol–water partition coefficient (Wildman–Crippen LogP) is -5.41. The standard InChI is InChI=1S/C60H102O29/c1-23(9-13-35(57(4,5)79)87-55-50(89-54-47(77)42(72)38(68)29(20-63)83-54)43(73)39(69)31(85-55)22-80-51-45(75)40(70)36(66)27(18-61)81-51)24-15-16-58(6)32-12-10-25-26(60(32,8)33(65)17-59(24,58)7)11-14-34(56(25,2)3)86-52-48(78)44(74)49(30(21-64)84-52)88-53-46(76)41(71)37(67)28(19-62)82-53/h10,23-24,26-55,61-79H,9,11-22H2,1-8H3/t23-,24?,26?,27-,28-,29+,30-,31-,32?,33-,34+,35-,36-,37-,38+,39-,40+,41+,42-,43+,44-,45-,46-,47+,48-,49-,50-,51+,52+,53-,54-,55+,58+,59-,60+/m1/s1. The first kappa shape index (κ1) is 71.9. The van der Waals surface area contributed by atoms with Crippen molar-refractivity contribution in [2.75, 3.05) is 33.0 Å². The molecule has 89 heavy (non-hydrogen) atoms. The summed E-state index contributed by atoms with van der Waals surface area (Å²) in [4.78, 5) is 0. The summed E-state index contributed by atoms with van der Waals surface area (Å²) in [5, 5.41) is 205. The van der Waals surface area contributed by atoms with Gasteiger partial charge >= 0.3 is 0 Å². The van der Waals surface area contributed by atoms with Crippen LogP contribution in [0.3, 0.4) is 0 Å². The Morgan fingerprint density at radius 2 is 0.978 bits per heavy atom. The fourth-order valence-corrected chi connectivity index (χ4v) is 17.1. The molecule has 3 saturated carbocycles. The first-order valence-corrected chi connectivity index (χ1v) is 31.6. The van der Waals surface area contributed by atoms with Crippen LogP contribution in [0.25, 0.3) is 0 Å². The van der Waals surface area contributed by atoms with Gasteiger partial charge in [0.1, 0.15) is 122 Å². The molecule has 5 saturated heterocycles. The van der Waals surface area contributed by atoms with Gasteiger partial charge < -0.3 is 144 Å². The van der Waals surface area contributed by atoms with E-state index >= 15 is 0 Å². The van der Waals surface area contributed by atoms with E-state index in [0.717, 1.165) is 18.4 Å². The summed E-state index contributed by atoms with van der Waals surface area (Å²) in [6.07, 6.45) is -37.7. The SMILES string of the molecule is C[C@H](CC[C@@H](O[C@@H]1O[C@H](CO[C@H]2O[C@H](CO)[C@@H](O)[C@H](O)[C@H]2O)[C@@H](O)[C@H](O)[C@H]1O[C@H]1O[C@@H](CO)[C@H](O)[C@@H](O)[C@@H]1O)C(C)(C)O)C1CC[C@@]2(C)C3CC=C4C(CC[C@H](O[C@@H]5O[C@H](CO)[C@@H](O[C@H]6O[C@H](CO)[C@@H](O)[C@H](O)[C@H]6O)[C@H](O)[C@H]5O)C4(C)C)[C@]3(C)[C@H](O)C[C@]12C. The van der Waals surface area contributed by atoms with E-state index in [1.165, 1.54) is 13.8 Å². The Balaban J connectivity index is 0.884. The number of hydrogen-bond acceptors (Lipinski definition) is 29. The topological polar surface area (TPSA) is 477 Å². The molecule has 29 heteroatoms. The van der Waals surface area contributed by atoms with Gasteiger partial charge in [0, 0.05) is 10.8 Å². The summed E-state index contributed by atoms with van der Waals surface area (Å²) in [5.41, 5.74) is -2.49. The molecule has 0 amide bonds. The van der Waals surface area contributed by atoms with Gasteiger partial charge in [0.15, 0.2) is 31.5 Å². The largest absolute Gasteiger partial charge is 0.394 e. The third kappa shape index (κ3) is 13.0. The van der Waals surface area contributed by atoms with Crippen LogP contribution in [0.2, 0.25) is 0 Å². The fourth-order valence-electron chi connectivity index (χ4n) is 17.1. The lowest BCUT2D eigenvalue weighted by molar-refractivity contribution is -0.380. The van der Waals surface area contributed by atoms with Gasteiger partial charge in [0.2, 0.25) is 0 Å². The zero-order valence-electron chi connectivity index (χ0n) is 51.8. The van der Waals surface area contributed by atoms with Crippen LogP contribution >= 0.6 is 0 Å². The van der Waals surface area contributed by atoms with Crippen LogP contribution in [0.1, 0.15) is 107 Å². The van der Waals surface area contributed by atoms with Crippen LogP contribution in [0.5, 0.6) is 0 Å². The van der Waals surface area contributed by atoms with E-state index in [0.29, 0.717) is 32.1 Å². The zero-order valence-corrected chi connectivity index (χ0v) is 51.8. The molecule has 8 fully saturated rings. The molecule has 35 atom stereocenters. The second-order valence-electron chi connectivity index (χ2n) is 28.7. The molecule has 19 N–H and O–H groups in total. The summed E-state index contributed by atoms with van der Waals surface area (Å²) in [5.74, 6) is -0.0172. The number of aliphatic hydroxyl groups excluding tert-OH is 18. The van der Waals surface area contributed by atoms with Crippen molar-refractivity contribution in [1.29, 1.82) is 0 Å². The average Bonchev–Trinajstić information content (AvgIpc) is 1.66. The van der Waals surface area contributed by atoms with E-state index in [1.807, 2.05) is 13.8 Å². The Bertz CT molecular complexity index is 2340. The maximum absolute atomic E-state index is 12.8. The predicted molar refractivity (Wildman–Crippen MR) is 300 cm³/mol. The molecule has 516 valence electrons. The molecule has 0 radical (unpaired) electrons. The summed E-state index contributed by atoms with van der Waals surface area (Å²) < 4.78 is 59.5. The average molecular weight is 1290 g/mol. The van der Waals surface area contributed by atoms with Crippen LogP contribution in [0, 0.1) is 45.3 Å². The number of hydrogen-bond donors (Lipinski definition) is 19. The molecule has 3 unspecified atom stereocenters. The Labute approximate surface area is 517 Å². The van der Waals surface area contributed by atoms with Gasteiger partial charge in [-0.3, -0.25) is 0 Å². The second-order valence-corrected chi connectivity index (χ2v) is 28.7. The van der Waals surface area contributed by atoms with Crippen molar-refractivity contribution in [3.05, 3.63) is 11.6 Å². The highest BCUT2D eigenvalue weighted by atomic mass is 16.8. The van der Waals surface area contributed by atoms with E-state index in [2.05, 4.69) is 33.8 Å². The summed E-state index contributed by atoms with van der Waals surface area (Å²) in [6, 6.07) is 0. The third-order valence-corrected chi connectivity index (χ3v) is 22.9. The van der Waals surface area contributed by atoms with Crippen molar-refractivity contribution < 1.29 is 144 Å². The Morgan fingerprint density at radius 3 is 1.52 bits per heavy atom. The van der Waals surface area contributed by atoms with E-state index in [-0.39, 0.29) is 35.5 Å². The number of rotatable bonds is 20. The van der Waals surface area contributed by atoms with Gasteiger partial charge in [-0.05, 0) is 99.7 Å². The summed E-state index contributed by atoms with van der Waals surface area (Å²) >= 11 is 0. The molecule has 0 spiro atoms. The van der Waals surface area contributed by atoms with Gasteiger partial charge in [0.05, 0.1) is 56.9 Å². The van der Waals surface area contributed by atoms with Crippen LogP contribution in [0.15, 0.2) is 11.6 Å². The molecule has 0 aromatic heterocycles. The minimum atomic E-state index is -1.96. The summed E-state index contributed by atoms with van der Waals surface area (Å²) in [6.45, 7) is 12.3. The first-order valence-electron chi connectivity index (χ1n) is 31.6. The molecule has 5 aliphatic heterocycles. The van der Waals surface area contributed by atoms with E-state index in [1.54, 1.807) is 0 Å². The van der Waals surface area contributed by atoms with Crippen molar-refractivity contribution in [3.63, 3.8) is 0 Å². The van der Waals surface area contributed by atoms with Crippen LogP contribution in [0.4, 0.5) is 0 Å². The summed E-state index contributed by atoms with van der Waals surface area (Å²) in [7, 11) is 0. The lowest BCUT2D eigenvalue weighted by Crippen LogP contribution is -2.66. The maximum Gasteiger partial charge on any atom is 0.187 e. The van der Waals surface area contributed by atoms with E-state index in [9.17, 15) is 97.0 Å². The molecule has 0 bridgehead atoms. The number of allylic oxidation sites excluding steroid dienone is 1. The lowest BCUT2D eigenvalue weighted by Gasteiger charge is -2.67. The first-order chi connectivity index (χ1) is 41.7. The minimum Gasteiger partial charge on any atom is -0.394 e. The number of fused-ring (bicyclic) bond motifs is 5. The van der Waals surface area contributed by atoms with Crippen molar-refractivity contribution >= 4 is 0 Å². The number of aliphatic hydroxyl groups is 19. The lowest BCUT2D eigenvalue weighted by atomic mass is 9.38. The van der Waals surface area contributed by atoms with Crippen LogP contribution in [-0.4, -0.2) is 308 Å². The highest BCUT2D eigenvalue weighted by Gasteiger charge is 2.71. The van der Waals surface area contributed by atoms with Crippen molar-refractivity contribution in [3.8, 4) is 0 Å². The zero-order chi connectivity index (χ0) is 65.5. The Kier molecular flexibility index (Phi) is 22.3. The maximum atomic E-state index is 12.8. The minimum absolute atomic E-state index is 0.0310. The Morgan fingerprint density at radius 1 is 0.517 bits per heavy atom. The molecule has 0 aromatic rings. The van der Waals surface area contributed by atoms with Crippen LogP contribution < -0.4 is 0 Å². The molecular weight excluding hydrogens is 1180 g/mol. The molecule has 5 heterocycles. The monoisotopic (exact) mass is 1290 g/mol. The van der Waals surface area contributed by atoms with Crippen LogP contribution in [-0.2, 0) is 47.4 Å². The van der Waals surface area contributed by atoms with Gasteiger partial charge in [-0.2, -0.15) is 0 Å². The van der Waals surface area contributed by atoms with Crippen molar-refractivity contribution in [2.45, 2.75) is 284 Å². The molecule has 4 aliphatic carbocycles. The van der Waals surface area contributed by atoms with Gasteiger partial charge in [-0.15, -0.1) is 0 Å². The molecule has 9 rings (SSSR count). The van der Waals surface area contributed by atoms with E-state index in [4.69, 9.17) is 47.4 Å². The van der Waals surface area contributed by atoms with E-state index < -0.39 is 227 Å². The smallest absolute Gasteiger partial charge is 0.187 e. The second kappa shape index (κ2) is 27.6. The van der Waals surface area contributed by atoms with Gasteiger partial charge in [-0.1, -0.05) is 53.2 Å². The number of ether oxygens (including phenoxy) is 10. The molecule has 9 aliphatic rings. The van der Waals surface area contributed by atoms with Crippen molar-refractivity contribution in [2.24, 2.45) is 45.3 Å². The van der Waals surface area contributed by atoms with Gasteiger partial charge in [-0.25, -0.2) is 0 Å². The highest BCUT2D eigenvalue weighted by molar-refractivity contribution is 5.32. The van der Waals surface area contributed by atoms with Gasteiger partial charge in [0.25, 0.3) is 0 Å². The molecule has 29 nitrogen and oxygen atoms in total. The highest BCUT2D eigenvalue weighted by Crippen LogP contribution is 2.75. The fraction of sp³-hybridized carbons (Fsp3) is 0.967. The Hall–Kier alpha value is -1.42. The van der Waals surface area contributed by atoms with Crippen molar-refractivity contribution in [1.82, 2.24) is 0 Å². The quantitative estimate of drug-likeness (QED) is 0.0506. The molecule has 0 aromatic carbocycles. The molecular formula is C60H102O29. The third-order valence-electron chi connectivity index (χ3n) is 22.9. The normalized spacial score (nSPS) is 51.8.